The molecule has 0 bridgehead atoms. The zero-order valence-corrected chi connectivity index (χ0v) is 31.1. The van der Waals surface area contributed by atoms with Crippen molar-refractivity contribution < 1.29 is 33.7 Å². The van der Waals surface area contributed by atoms with E-state index in [1.54, 1.807) is 73.3 Å². The quantitative estimate of drug-likeness (QED) is 0.148. The van der Waals surface area contributed by atoms with Gasteiger partial charge in [0, 0.05) is 49.4 Å². The van der Waals surface area contributed by atoms with Crippen LogP contribution in [0.1, 0.15) is 50.4 Å². The molecule has 4 N–H and O–H groups in total. The van der Waals surface area contributed by atoms with Crippen LogP contribution in [0.4, 0.5) is 26.7 Å². The molecule has 0 radical (unpaired) electrons. The smallest absolute Gasteiger partial charge is 0.323 e. The van der Waals surface area contributed by atoms with E-state index in [1.165, 1.54) is 0 Å². The molecule has 1 aliphatic rings. The number of hydrogen-bond acceptors (Lipinski definition) is 7. The van der Waals surface area contributed by atoms with Gasteiger partial charge in [0.05, 0.1) is 43.2 Å². The minimum Gasteiger partial charge on any atom is -0.497 e. The topological polar surface area (TPSA) is 142 Å². The summed E-state index contributed by atoms with van der Waals surface area (Å²) in [6.07, 6.45) is 1.73. The van der Waals surface area contributed by atoms with Gasteiger partial charge >= 0.3 is 12.1 Å². The van der Waals surface area contributed by atoms with Crippen LogP contribution in [0.3, 0.4) is 0 Å². The maximum Gasteiger partial charge on any atom is 0.323 e. The highest BCUT2D eigenvalue weighted by molar-refractivity contribution is 6.07. The van der Waals surface area contributed by atoms with Crippen LogP contribution in [0, 0.1) is 5.92 Å². The van der Waals surface area contributed by atoms with Crippen molar-refractivity contribution in [3.63, 3.8) is 0 Å². The third kappa shape index (κ3) is 10.4. The maximum atomic E-state index is 14.5. The number of carbonyl (C=O) groups excluding carboxylic acids is 3. The lowest BCUT2D eigenvalue weighted by molar-refractivity contribution is -0.0115. The first-order valence-corrected chi connectivity index (χ1v) is 18.1. The fourth-order valence-electron chi connectivity index (χ4n) is 6.33. The molecule has 0 spiro atoms. The lowest BCUT2D eigenvalue weighted by Gasteiger charge is -2.35. The van der Waals surface area contributed by atoms with Crippen LogP contribution < -0.4 is 25.4 Å². The number of hydrogen-bond donors (Lipinski definition) is 4. The normalized spacial score (nSPS) is 18.9. The van der Waals surface area contributed by atoms with Crippen LogP contribution >= 0.6 is 0 Å². The number of urea groups is 2. The van der Waals surface area contributed by atoms with Crippen molar-refractivity contribution in [1.82, 2.24) is 9.80 Å². The van der Waals surface area contributed by atoms with Crippen molar-refractivity contribution in [2.75, 3.05) is 56.4 Å². The number of fused-ring (bicyclic) bond motifs is 2. The number of benzene rings is 4. The number of carbonyl (C=O) groups is 3. The fraction of sp³-hybridized carbons (Fsp3) is 0.390. The third-order valence-corrected chi connectivity index (χ3v) is 9.49. The Hall–Kier alpha value is -5.33. The summed E-state index contributed by atoms with van der Waals surface area (Å²) in [6.45, 7) is 6.42. The van der Waals surface area contributed by atoms with E-state index in [0.717, 1.165) is 30.0 Å². The van der Waals surface area contributed by atoms with E-state index in [-0.39, 0.29) is 49.2 Å². The van der Waals surface area contributed by atoms with Gasteiger partial charge in [0.25, 0.3) is 5.91 Å². The molecule has 0 fully saturated rings. The Morgan fingerprint density at radius 3 is 2.45 bits per heavy atom. The first-order chi connectivity index (χ1) is 25.6. The minimum absolute atomic E-state index is 0.204. The number of likely N-dealkylation sites (N-methyl/N-ethyl adjacent to an activating group) is 1. The van der Waals surface area contributed by atoms with Gasteiger partial charge in [-0.3, -0.25) is 4.79 Å². The van der Waals surface area contributed by atoms with Gasteiger partial charge in [0.1, 0.15) is 11.5 Å². The number of nitrogens with one attached hydrogen (secondary N) is 3. The SMILES string of the molecule is COc1ccc(NC(=O)N(C)C[C@@H]2OCCCC[C@@H](C)Oc3ccc(NC(=O)Nc4cccc5ccccc45)cc3C(=O)N([C@H](C)CO)C[C@@H]2C)cc1. The van der Waals surface area contributed by atoms with E-state index in [9.17, 15) is 19.5 Å². The van der Waals surface area contributed by atoms with Crippen LogP contribution in [-0.2, 0) is 4.74 Å². The number of nitrogens with zero attached hydrogens (tertiary/aromatic N) is 2. The summed E-state index contributed by atoms with van der Waals surface area (Å²) in [6, 6.07) is 24.3. The second-order valence-corrected chi connectivity index (χ2v) is 13.7. The van der Waals surface area contributed by atoms with Gasteiger partial charge in [-0.05, 0) is 87.0 Å². The van der Waals surface area contributed by atoms with Gasteiger partial charge in [-0.15, -0.1) is 0 Å². The Balaban J connectivity index is 1.36. The zero-order valence-electron chi connectivity index (χ0n) is 31.1. The molecule has 0 aromatic heterocycles. The molecule has 4 atom stereocenters. The summed E-state index contributed by atoms with van der Waals surface area (Å²) in [5.41, 5.74) is 1.95. The first-order valence-electron chi connectivity index (χ1n) is 18.1. The van der Waals surface area contributed by atoms with E-state index in [0.29, 0.717) is 35.2 Å². The van der Waals surface area contributed by atoms with Crippen molar-refractivity contribution in [2.24, 2.45) is 5.92 Å². The summed E-state index contributed by atoms with van der Waals surface area (Å²) in [7, 11) is 3.29. The van der Waals surface area contributed by atoms with E-state index in [1.807, 2.05) is 56.3 Å². The monoisotopic (exact) mass is 725 g/mol. The molecule has 4 aromatic rings. The number of anilines is 3. The first kappa shape index (κ1) is 38.9. The third-order valence-electron chi connectivity index (χ3n) is 9.49. The molecule has 0 saturated heterocycles. The largest absolute Gasteiger partial charge is 0.497 e. The molecule has 0 aliphatic carbocycles. The van der Waals surface area contributed by atoms with E-state index < -0.39 is 18.2 Å². The van der Waals surface area contributed by atoms with Crippen molar-refractivity contribution in [1.29, 1.82) is 0 Å². The molecule has 4 aromatic carbocycles. The highest BCUT2D eigenvalue weighted by atomic mass is 16.5. The second-order valence-electron chi connectivity index (χ2n) is 13.7. The number of amides is 5. The molecule has 0 saturated carbocycles. The van der Waals surface area contributed by atoms with Gasteiger partial charge < -0.3 is 45.1 Å². The Morgan fingerprint density at radius 1 is 0.962 bits per heavy atom. The average Bonchev–Trinajstić information content (AvgIpc) is 3.16. The van der Waals surface area contributed by atoms with Gasteiger partial charge in [-0.2, -0.15) is 0 Å². The fourth-order valence-corrected chi connectivity index (χ4v) is 6.33. The Labute approximate surface area is 311 Å². The molecule has 12 heteroatoms. The Kier molecular flexibility index (Phi) is 13.5. The number of aliphatic hydroxyl groups is 1. The number of methoxy groups -OCH3 is 1. The van der Waals surface area contributed by atoms with E-state index in [4.69, 9.17) is 14.2 Å². The molecular formula is C41H51N5O7. The molecule has 282 valence electrons. The van der Waals surface area contributed by atoms with E-state index in [2.05, 4.69) is 16.0 Å². The van der Waals surface area contributed by atoms with Crippen LogP contribution in [-0.4, -0.2) is 91.6 Å². The second kappa shape index (κ2) is 18.4. The summed E-state index contributed by atoms with van der Waals surface area (Å²) < 4.78 is 18.0. The van der Waals surface area contributed by atoms with Gasteiger partial charge in [-0.25, -0.2) is 9.59 Å². The molecular weight excluding hydrogens is 674 g/mol. The highest BCUT2D eigenvalue weighted by Gasteiger charge is 2.31. The lowest BCUT2D eigenvalue weighted by Crippen LogP contribution is -2.48. The van der Waals surface area contributed by atoms with Gasteiger partial charge in [-0.1, -0.05) is 43.3 Å². The molecule has 5 amide bonds. The van der Waals surface area contributed by atoms with Gasteiger partial charge in [0.15, 0.2) is 0 Å². The Morgan fingerprint density at radius 2 is 1.70 bits per heavy atom. The Bertz CT molecular complexity index is 1850. The van der Waals surface area contributed by atoms with Crippen molar-refractivity contribution in [2.45, 2.75) is 58.3 Å². The van der Waals surface area contributed by atoms with Crippen molar-refractivity contribution >= 4 is 45.8 Å². The predicted molar refractivity (Wildman–Crippen MR) is 208 cm³/mol. The molecule has 1 aliphatic heterocycles. The van der Waals surface area contributed by atoms with Crippen molar-refractivity contribution in [3.05, 3.63) is 90.5 Å². The summed E-state index contributed by atoms with van der Waals surface area (Å²) >= 11 is 0. The zero-order chi connectivity index (χ0) is 37.9. The van der Waals surface area contributed by atoms with Crippen LogP contribution in [0.5, 0.6) is 11.5 Å². The average molecular weight is 726 g/mol. The predicted octanol–water partition coefficient (Wildman–Crippen LogP) is 7.45. The van der Waals surface area contributed by atoms with Crippen molar-refractivity contribution in [3.8, 4) is 11.5 Å². The number of rotatable bonds is 8. The van der Waals surface area contributed by atoms with Crippen LogP contribution in [0.25, 0.3) is 10.8 Å². The summed E-state index contributed by atoms with van der Waals surface area (Å²) in [5, 5.41) is 20.9. The lowest BCUT2D eigenvalue weighted by atomic mass is 10.0. The minimum atomic E-state index is -0.550. The summed E-state index contributed by atoms with van der Waals surface area (Å²) in [5.74, 6) is 0.487. The molecule has 0 unspecified atom stereocenters. The van der Waals surface area contributed by atoms with Crippen LogP contribution in [0.15, 0.2) is 84.9 Å². The standard InChI is InChI=1S/C41H51N5O7/c1-27-24-46(28(2)26-47)39(48)35-23-32(42-40(49)44-36-15-10-13-30-12-6-7-14-34(30)36)18-21-37(35)53-29(3)11-8-9-22-52-38(27)25-45(4)41(50)43-31-16-19-33(51-5)20-17-31/h6-7,10,12-21,23,27-29,38,47H,8-9,11,22,24-26H2,1-5H3,(H,43,50)(H2,42,44,49)/t27-,28+,29+,38-/m0/s1. The molecule has 53 heavy (non-hydrogen) atoms. The highest BCUT2D eigenvalue weighted by Crippen LogP contribution is 2.29. The molecule has 12 nitrogen and oxygen atoms in total. The number of aliphatic hydroxyl groups excluding tert-OH is 1. The van der Waals surface area contributed by atoms with Gasteiger partial charge in [0.2, 0.25) is 0 Å². The molecule has 1 heterocycles. The van der Waals surface area contributed by atoms with Crippen LogP contribution in [0.2, 0.25) is 0 Å². The van der Waals surface area contributed by atoms with E-state index >= 15 is 0 Å². The number of ether oxygens (including phenoxy) is 3. The maximum absolute atomic E-state index is 14.5. The summed E-state index contributed by atoms with van der Waals surface area (Å²) in [4.78, 5) is 44.1. The molecule has 5 rings (SSSR count).